The van der Waals surface area contributed by atoms with Gasteiger partial charge in [-0.2, -0.15) is 0 Å². The Morgan fingerprint density at radius 1 is 1.26 bits per heavy atom. The number of carboxylic acid groups (broad SMARTS) is 1. The van der Waals surface area contributed by atoms with Crippen LogP contribution in [0.1, 0.15) is 10.4 Å². The van der Waals surface area contributed by atoms with Gasteiger partial charge in [-0.15, -0.1) is 0 Å². The minimum atomic E-state index is -1.40. The van der Waals surface area contributed by atoms with Crippen LogP contribution in [0.2, 0.25) is 0 Å². The highest BCUT2D eigenvalue weighted by molar-refractivity contribution is 9.11. The van der Waals surface area contributed by atoms with Crippen molar-refractivity contribution in [1.29, 1.82) is 0 Å². The molecular formula is C11H6Br2N2O4. The number of benzene rings is 1. The molecule has 0 radical (unpaired) electrons. The Hall–Kier alpha value is -1.67. The average Bonchev–Trinajstić information content (AvgIpc) is 2.30. The number of H-pyrrole nitrogens is 1. The Kier molecular flexibility index (Phi) is 3.72. The van der Waals surface area contributed by atoms with E-state index in [9.17, 15) is 14.4 Å². The van der Waals surface area contributed by atoms with Gasteiger partial charge in [-0.1, -0.05) is 15.9 Å². The van der Waals surface area contributed by atoms with E-state index >= 15 is 0 Å². The lowest BCUT2D eigenvalue weighted by molar-refractivity contribution is 0.0694. The molecule has 0 unspecified atom stereocenters. The number of aromatic amines is 1. The average molecular weight is 390 g/mol. The predicted molar refractivity (Wildman–Crippen MR) is 75.0 cm³/mol. The number of aromatic carboxylic acids is 1. The van der Waals surface area contributed by atoms with E-state index in [2.05, 4.69) is 31.9 Å². The lowest BCUT2D eigenvalue weighted by Crippen LogP contribution is -2.32. The van der Waals surface area contributed by atoms with E-state index in [0.29, 0.717) is 10.2 Å². The molecular weight excluding hydrogens is 384 g/mol. The molecule has 19 heavy (non-hydrogen) atoms. The maximum atomic E-state index is 11.7. The fraction of sp³-hybridized carbons (Fsp3) is 0. The minimum Gasteiger partial charge on any atom is -0.477 e. The van der Waals surface area contributed by atoms with Gasteiger partial charge in [0, 0.05) is 15.1 Å². The summed E-state index contributed by atoms with van der Waals surface area (Å²) in [6.07, 6.45) is 0.998. The zero-order valence-corrected chi connectivity index (χ0v) is 12.4. The molecule has 0 aliphatic heterocycles. The Bertz CT molecular complexity index is 779. The zero-order valence-electron chi connectivity index (χ0n) is 9.18. The van der Waals surface area contributed by atoms with Crippen LogP contribution in [-0.4, -0.2) is 20.6 Å². The van der Waals surface area contributed by atoms with Crippen LogP contribution in [-0.2, 0) is 0 Å². The van der Waals surface area contributed by atoms with Gasteiger partial charge in [0.15, 0.2) is 0 Å². The number of nitrogens with zero attached hydrogens (tertiary/aromatic N) is 1. The highest BCUT2D eigenvalue weighted by Gasteiger charge is 2.13. The summed E-state index contributed by atoms with van der Waals surface area (Å²) in [7, 11) is 0. The first-order chi connectivity index (χ1) is 8.90. The molecule has 1 aromatic heterocycles. The number of carbonyl (C=O) groups is 1. The number of aromatic nitrogens is 2. The van der Waals surface area contributed by atoms with Gasteiger partial charge in [-0.25, -0.2) is 9.59 Å². The van der Waals surface area contributed by atoms with Crippen LogP contribution in [0, 0.1) is 0 Å². The fourth-order valence-corrected chi connectivity index (χ4v) is 2.72. The first kappa shape index (κ1) is 13.8. The minimum absolute atomic E-state index is 0.423. The first-order valence-electron chi connectivity index (χ1n) is 4.95. The third kappa shape index (κ3) is 2.69. The Balaban J connectivity index is 2.75. The molecule has 0 saturated heterocycles. The second kappa shape index (κ2) is 5.14. The van der Waals surface area contributed by atoms with Crippen LogP contribution < -0.4 is 11.2 Å². The molecule has 0 saturated carbocycles. The van der Waals surface area contributed by atoms with Crippen LogP contribution in [0.5, 0.6) is 0 Å². The molecule has 0 atom stereocenters. The molecule has 0 aliphatic rings. The molecule has 0 fully saturated rings. The van der Waals surface area contributed by atoms with Crippen molar-refractivity contribution in [2.24, 2.45) is 0 Å². The SMILES string of the molecule is O=C(O)c1cn(-c2ccc(Br)cc2Br)c(=O)[nH]c1=O. The summed E-state index contributed by atoms with van der Waals surface area (Å²) in [4.78, 5) is 35.9. The van der Waals surface area contributed by atoms with E-state index in [0.717, 1.165) is 15.2 Å². The van der Waals surface area contributed by atoms with E-state index in [4.69, 9.17) is 5.11 Å². The number of hydrogen-bond donors (Lipinski definition) is 2. The van der Waals surface area contributed by atoms with Crippen LogP contribution >= 0.6 is 31.9 Å². The monoisotopic (exact) mass is 388 g/mol. The summed E-state index contributed by atoms with van der Waals surface area (Å²) in [6.45, 7) is 0. The van der Waals surface area contributed by atoms with Crippen molar-refractivity contribution in [3.05, 3.63) is 59.7 Å². The van der Waals surface area contributed by atoms with Crippen LogP contribution in [0.4, 0.5) is 0 Å². The largest absolute Gasteiger partial charge is 0.477 e. The van der Waals surface area contributed by atoms with Crippen molar-refractivity contribution in [2.75, 3.05) is 0 Å². The summed E-state index contributed by atoms with van der Waals surface area (Å²) in [5.41, 5.74) is -1.72. The van der Waals surface area contributed by atoms with Gasteiger partial charge >= 0.3 is 11.7 Å². The Labute approximate surface area is 123 Å². The highest BCUT2D eigenvalue weighted by Crippen LogP contribution is 2.24. The van der Waals surface area contributed by atoms with Gasteiger partial charge in [-0.05, 0) is 34.1 Å². The van der Waals surface area contributed by atoms with Crippen molar-refractivity contribution in [2.45, 2.75) is 0 Å². The van der Waals surface area contributed by atoms with E-state index in [1.807, 2.05) is 4.98 Å². The van der Waals surface area contributed by atoms with E-state index < -0.39 is 22.8 Å². The highest BCUT2D eigenvalue weighted by atomic mass is 79.9. The summed E-state index contributed by atoms with van der Waals surface area (Å²) in [5.74, 6) is -1.40. The van der Waals surface area contributed by atoms with E-state index in [1.165, 1.54) is 0 Å². The summed E-state index contributed by atoms with van der Waals surface area (Å²) < 4.78 is 2.42. The Morgan fingerprint density at radius 3 is 2.53 bits per heavy atom. The van der Waals surface area contributed by atoms with Crippen molar-refractivity contribution in [3.63, 3.8) is 0 Å². The molecule has 2 N–H and O–H groups in total. The van der Waals surface area contributed by atoms with Crippen molar-refractivity contribution in [3.8, 4) is 5.69 Å². The molecule has 8 heteroatoms. The normalized spacial score (nSPS) is 10.4. The number of halogens is 2. The lowest BCUT2D eigenvalue weighted by Gasteiger charge is -2.08. The number of rotatable bonds is 2. The summed E-state index contributed by atoms with van der Waals surface area (Å²) in [6, 6.07) is 5.00. The zero-order chi connectivity index (χ0) is 14.2. The molecule has 1 heterocycles. The van der Waals surface area contributed by atoms with Crippen molar-refractivity contribution < 1.29 is 9.90 Å². The molecule has 0 bridgehead atoms. The topological polar surface area (TPSA) is 92.2 Å². The van der Waals surface area contributed by atoms with Crippen LogP contribution in [0.25, 0.3) is 5.69 Å². The smallest absolute Gasteiger partial charge is 0.342 e. The predicted octanol–water partition coefficient (Wildman–Crippen LogP) is 1.75. The van der Waals surface area contributed by atoms with Crippen molar-refractivity contribution >= 4 is 37.8 Å². The van der Waals surface area contributed by atoms with Gasteiger partial charge in [0.05, 0.1) is 5.69 Å². The van der Waals surface area contributed by atoms with Gasteiger partial charge in [0.1, 0.15) is 5.56 Å². The molecule has 98 valence electrons. The van der Waals surface area contributed by atoms with Crippen molar-refractivity contribution in [1.82, 2.24) is 9.55 Å². The van der Waals surface area contributed by atoms with E-state index in [1.54, 1.807) is 18.2 Å². The second-order valence-electron chi connectivity index (χ2n) is 3.57. The second-order valence-corrected chi connectivity index (χ2v) is 5.34. The molecule has 2 aromatic rings. The van der Waals surface area contributed by atoms with Gasteiger partial charge in [0.2, 0.25) is 0 Å². The molecule has 0 amide bonds. The fourth-order valence-electron chi connectivity index (χ4n) is 1.48. The summed E-state index contributed by atoms with van der Waals surface area (Å²) in [5, 5.41) is 8.89. The van der Waals surface area contributed by atoms with Gasteiger partial charge in [-0.3, -0.25) is 14.3 Å². The van der Waals surface area contributed by atoms with E-state index in [-0.39, 0.29) is 0 Å². The molecule has 6 nitrogen and oxygen atoms in total. The molecule has 0 spiro atoms. The maximum Gasteiger partial charge on any atom is 0.342 e. The maximum absolute atomic E-state index is 11.7. The quantitative estimate of drug-likeness (QED) is 0.818. The van der Waals surface area contributed by atoms with Crippen LogP contribution in [0.3, 0.4) is 0 Å². The standard InChI is InChI=1S/C11H6Br2N2O4/c12-5-1-2-8(7(13)3-5)15-4-6(10(17)18)9(16)14-11(15)19/h1-4H,(H,17,18)(H,14,16,19). The summed E-state index contributed by atoms with van der Waals surface area (Å²) >= 11 is 6.54. The number of hydrogen-bond acceptors (Lipinski definition) is 3. The molecule has 0 aliphatic carbocycles. The third-order valence-corrected chi connectivity index (χ3v) is 3.47. The lowest BCUT2D eigenvalue weighted by atomic mass is 10.3. The first-order valence-corrected chi connectivity index (χ1v) is 6.53. The van der Waals surface area contributed by atoms with Gasteiger partial charge < -0.3 is 5.11 Å². The van der Waals surface area contributed by atoms with Gasteiger partial charge in [0.25, 0.3) is 5.56 Å². The molecule has 2 rings (SSSR count). The molecule has 1 aromatic carbocycles. The van der Waals surface area contributed by atoms with Crippen LogP contribution in [0.15, 0.2) is 42.9 Å². The Morgan fingerprint density at radius 2 is 1.95 bits per heavy atom. The number of carboxylic acids is 1. The third-order valence-electron chi connectivity index (χ3n) is 2.34. The number of nitrogens with one attached hydrogen (secondary N) is 1.